The fourth-order valence-electron chi connectivity index (χ4n) is 2.83. The molecule has 1 saturated carbocycles. The number of ketones is 1. The van der Waals surface area contributed by atoms with Crippen LogP contribution in [-0.4, -0.2) is 37.9 Å². The predicted octanol–water partition coefficient (Wildman–Crippen LogP) is 1.98. The summed E-state index contributed by atoms with van der Waals surface area (Å²) in [6.45, 7) is 1.02. The maximum Gasteiger partial charge on any atom is 0.319 e. The molecular formula is C13H17IO5. The molecule has 6 heteroatoms. The highest BCUT2D eigenvalue weighted by molar-refractivity contribution is 14.1. The first kappa shape index (κ1) is 14.9. The van der Waals surface area contributed by atoms with E-state index in [1.54, 1.807) is 4.08 Å². The Balaban J connectivity index is 2.31. The SMILES string of the molecule is COC(=O)C1(C/C=C\I)CC2(CCC1=O)OCCO2. The van der Waals surface area contributed by atoms with Crippen molar-refractivity contribution in [2.45, 2.75) is 31.5 Å². The molecule has 2 fully saturated rings. The molecule has 5 nitrogen and oxygen atoms in total. The maximum absolute atomic E-state index is 12.3. The van der Waals surface area contributed by atoms with Gasteiger partial charge in [-0.3, -0.25) is 9.59 Å². The van der Waals surface area contributed by atoms with E-state index in [9.17, 15) is 9.59 Å². The first-order valence-electron chi connectivity index (χ1n) is 6.23. The quantitative estimate of drug-likeness (QED) is 0.426. The Bertz CT molecular complexity index is 390. The Morgan fingerprint density at radius 2 is 2.16 bits per heavy atom. The van der Waals surface area contributed by atoms with Gasteiger partial charge in [0.2, 0.25) is 0 Å². The minimum absolute atomic E-state index is 0.0847. The van der Waals surface area contributed by atoms with Crippen molar-refractivity contribution in [2.24, 2.45) is 5.41 Å². The average molecular weight is 380 g/mol. The monoisotopic (exact) mass is 380 g/mol. The predicted molar refractivity (Wildman–Crippen MR) is 75.7 cm³/mol. The molecule has 0 radical (unpaired) electrons. The van der Waals surface area contributed by atoms with Gasteiger partial charge in [-0.15, -0.1) is 0 Å². The van der Waals surface area contributed by atoms with Gasteiger partial charge in [0.25, 0.3) is 0 Å². The van der Waals surface area contributed by atoms with Crippen LogP contribution in [0.25, 0.3) is 0 Å². The Hall–Kier alpha value is -0.470. The molecule has 2 rings (SSSR count). The number of hydrogen-bond acceptors (Lipinski definition) is 5. The van der Waals surface area contributed by atoms with Crippen molar-refractivity contribution < 1.29 is 23.8 Å². The number of allylic oxidation sites excluding steroid dienone is 1. The van der Waals surface area contributed by atoms with Crippen molar-refractivity contribution in [3.63, 3.8) is 0 Å². The van der Waals surface area contributed by atoms with Gasteiger partial charge < -0.3 is 14.2 Å². The second-order valence-electron chi connectivity index (χ2n) is 4.85. The van der Waals surface area contributed by atoms with Crippen LogP contribution in [0.5, 0.6) is 0 Å². The first-order valence-corrected chi connectivity index (χ1v) is 7.48. The number of rotatable bonds is 3. The topological polar surface area (TPSA) is 61.8 Å². The molecule has 0 N–H and O–H groups in total. The van der Waals surface area contributed by atoms with Crippen LogP contribution >= 0.6 is 22.6 Å². The number of halogens is 1. The molecule has 1 aliphatic heterocycles. The van der Waals surface area contributed by atoms with Crippen LogP contribution in [-0.2, 0) is 23.8 Å². The highest BCUT2D eigenvalue weighted by atomic mass is 127. The molecule has 0 amide bonds. The molecule has 0 aromatic carbocycles. The van der Waals surface area contributed by atoms with Gasteiger partial charge in [0, 0.05) is 19.3 Å². The third kappa shape index (κ3) is 2.71. The summed E-state index contributed by atoms with van der Waals surface area (Å²) >= 11 is 2.07. The van der Waals surface area contributed by atoms with E-state index in [0.29, 0.717) is 26.1 Å². The lowest BCUT2D eigenvalue weighted by atomic mass is 9.68. The van der Waals surface area contributed by atoms with Crippen molar-refractivity contribution >= 4 is 34.3 Å². The summed E-state index contributed by atoms with van der Waals surface area (Å²) in [7, 11) is 1.31. The zero-order valence-electron chi connectivity index (χ0n) is 10.8. The molecule has 0 aromatic rings. The summed E-state index contributed by atoms with van der Waals surface area (Å²) in [6, 6.07) is 0. The average Bonchev–Trinajstić information content (AvgIpc) is 2.87. The molecule has 1 aliphatic carbocycles. The van der Waals surface area contributed by atoms with Crippen LogP contribution < -0.4 is 0 Å². The summed E-state index contributed by atoms with van der Waals surface area (Å²) in [6.07, 6.45) is 3.18. The lowest BCUT2D eigenvalue weighted by Gasteiger charge is -2.41. The van der Waals surface area contributed by atoms with Gasteiger partial charge in [0.1, 0.15) is 5.41 Å². The second kappa shape index (κ2) is 5.88. The number of ether oxygens (including phenoxy) is 3. The molecule has 1 atom stereocenters. The van der Waals surface area contributed by atoms with E-state index in [4.69, 9.17) is 14.2 Å². The van der Waals surface area contributed by atoms with E-state index in [1.807, 2.05) is 6.08 Å². The molecular weight excluding hydrogens is 363 g/mol. The van der Waals surface area contributed by atoms with E-state index in [1.165, 1.54) is 7.11 Å². The fourth-order valence-corrected chi connectivity index (χ4v) is 3.08. The Labute approximate surface area is 125 Å². The minimum Gasteiger partial charge on any atom is -0.468 e. The molecule has 1 unspecified atom stereocenters. The Morgan fingerprint density at radius 1 is 1.47 bits per heavy atom. The molecule has 1 saturated heterocycles. The number of carbonyl (C=O) groups excluding carboxylic acids is 2. The molecule has 19 heavy (non-hydrogen) atoms. The van der Waals surface area contributed by atoms with Crippen LogP contribution in [0.2, 0.25) is 0 Å². The number of methoxy groups -OCH3 is 1. The number of hydrogen-bond donors (Lipinski definition) is 0. The van der Waals surface area contributed by atoms with Crippen LogP contribution in [0.1, 0.15) is 25.7 Å². The lowest BCUT2D eigenvalue weighted by molar-refractivity contribution is -0.208. The van der Waals surface area contributed by atoms with Gasteiger partial charge in [-0.2, -0.15) is 0 Å². The van der Waals surface area contributed by atoms with Gasteiger partial charge >= 0.3 is 5.97 Å². The number of Topliss-reactive ketones (excluding diaryl/α,β-unsaturated/α-hetero) is 1. The first-order chi connectivity index (χ1) is 9.08. The third-order valence-corrected chi connectivity index (χ3v) is 4.29. The van der Waals surface area contributed by atoms with Crippen LogP contribution in [0.3, 0.4) is 0 Å². The van der Waals surface area contributed by atoms with Crippen molar-refractivity contribution in [3.05, 3.63) is 10.2 Å². The second-order valence-corrected chi connectivity index (χ2v) is 5.57. The van der Waals surface area contributed by atoms with Crippen molar-refractivity contribution in [1.82, 2.24) is 0 Å². The van der Waals surface area contributed by atoms with Gasteiger partial charge in [-0.1, -0.05) is 28.7 Å². The van der Waals surface area contributed by atoms with E-state index >= 15 is 0 Å². The summed E-state index contributed by atoms with van der Waals surface area (Å²) < 4.78 is 18.0. The smallest absolute Gasteiger partial charge is 0.319 e. The third-order valence-electron chi connectivity index (χ3n) is 3.78. The minimum atomic E-state index is -1.17. The van der Waals surface area contributed by atoms with Crippen LogP contribution in [0.15, 0.2) is 10.2 Å². The van der Waals surface area contributed by atoms with E-state index in [0.717, 1.165) is 0 Å². The number of esters is 1. The summed E-state index contributed by atoms with van der Waals surface area (Å²) in [4.78, 5) is 24.5. The van der Waals surface area contributed by atoms with Crippen molar-refractivity contribution in [1.29, 1.82) is 0 Å². The maximum atomic E-state index is 12.3. The molecule has 1 spiro atoms. The Morgan fingerprint density at radius 3 is 2.74 bits per heavy atom. The molecule has 2 aliphatic rings. The number of carbonyl (C=O) groups is 2. The summed E-state index contributed by atoms with van der Waals surface area (Å²) in [5.41, 5.74) is -1.17. The normalized spacial score (nSPS) is 30.1. The van der Waals surface area contributed by atoms with Gasteiger partial charge in [0.05, 0.1) is 20.3 Å². The zero-order valence-corrected chi connectivity index (χ0v) is 13.0. The largest absolute Gasteiger partial charge is 0.468 e. The Kier molecular flexibility index (Phi) is 4.62. The van der Waals surface area contributed by atoms with Gasteiger partial charge in [0.15, 0.2) is 11.6 Å². The molecule has 0 aromatic heterocycles. The van der Waals surface area contributed by atoms with Crippen molar-refractivity contribution in [3.8, 4) is 0 Å². The van der Waals surface area contributed by atoms with E-state index < -0.39 is 17.2 Å². The highest BCUT2D eigenvalue weighted by Gasteiger charge is 2.57. The van der Waals surface area contributed by atoms with Gasteiger partial charge in [-0.25, -0.2) is 0 Å². The van der Waals surface area contributed by atoms with Crippen molar-refractivity contribution in [2.75, 3.05) is 20.3 Å². The lowest BCUT2D eigenvalue weighted by Crippen LogP contribution is -2.52. The zero-order chi connectivity index (χ0) is 13.9. The van der Waals surface area contributed by atoms with E-state index in [-0.39, 0.29) is 18.6 Å². The standard InChI is InChI=1S/C13H17IO5/c1-17-11(16)12(4-2-6-14)9-13(5-3-10(12)15)18-7-8-19-13/h2,6H,3-5,7-9H2,1H3/b6-2-. The van der Waals surface area contributed by atoms with Crippen LogP contribution in [0.4, 0.5) is 0 Å². The molecule has 0 bridgehead atoms. The fraction of sp³-hybridized carbons (Fsp3) is 0.692. The van der Waals surface area contributed by atoms with E-state index in [2.05, 4.69) is 22.6 Å². The summed E-state index contributed by atoms with van der Waals surface area (Å²) in [5, 5.41) is 0. The molecule has 1 heterocycles. The highest BCUT2D eigenvalue weighted by Crippen LogP contribution is 2.46. The van der Waals surface area contributed by atoms with Gasteiger partial charge in [-0.05, 0) is 10.5 Å². The molecule has 106 valence electrons. The van der Waals surface area contributed by atoms with Crippen LogP contribution in [0, 0.1) is 5.41 Å². The summed E-state index contributed by atoms with van der Waals surface area (Å²) in [5.74, 6) is -1.37.